The van der Waals surface area contributed by atoms with E-state index in [1.165, 1.54) is 6.92 Å². The summed E-state index contributed by atoms with van der Waals surface area (Å²) in [4.78, 5) is 20.4. The second-order valence-electron chi connectivity index (χ2n) is 1.68. The van der Waals surface area contributed by atoms with Gasteiger partial charge in [0.15, 0.2) is 5.78 Å². The molecule has 10 heavy (non-hydrogen) atoms. The van der Waals surface area contributed by atoms with Crippen molar-refractivity contribution in [2.24, 2.45) is 5.16 Å². The molecule has 0 aromatic rings. The Bertz CT molecular complexity index is 184. The molecule has 0 atom stereocenters. The van der Waals surface area contributed by atoms with Gasteiger partial charge in [-0.3, -0.25) is 9.59 Å². The number of hydrogen-bond donors (Lipinski definition) is 2. The lowest BCUT2D eigenvalue weighted by Gasteiger charge is -1.90. The predicted octanol–water partition coefficient (Wildman–Crippen LogP) is -0.120. The monoisotopic (exact) mass is 145 g/mol. The first-order valence-electron chi connectivity index (χ1n) is 2.51. The van der Waals surface area contributed by atoms with Crippen molar-refractivity contribution in [3.63, 3.8) is 0 Å². The maximum atomic E-state index is 10.5. The number of aliphatic carboxylic acids is 1. The first-order chi connectivity index (χ1) is 4.57. The van der Waals surface area contributed by atoms with Crippen LogP contribution in [0.5, 0.6) is 0 Å². The Morgan fingerprint density at radius 3 is 2.30 bits per heavy atom. The van der Waals surface area contributed by atoms with Crippen molar-refractivity contribution in [3.8, 4) is 0 Å². The van der Waals surface area contributed by atoms with Crippen LogP contribution in [0.4, 0.5) is 0 Å². The predicted molar refractivity (Wildman–Crippen MR) is 32.2 cm³/mol. The van der Waals surface area contributed by atoms with Crippen molar-refractivity contribution in [2.75, 3.05) is 0 Å². The van der Waals surface area contributed by atoms with Gasteiger partial charge in [-0.15, -0.1) is 0 Å². The summed E-state index contributed by atoms with van der Waals surface area (Å²) in [5.74, 6) is -1.91. The van der Waals surface area contributed by atoms with Gasteiger partial charge in [0.2, 0.25) is 0 Å². The van der Waals surface area contributed by atoms with E-state index in [0.29, 0.717) is 0 Å². The van der Waals surface area contributed by atoms with Gasteiger partial charge in [0.25, 0.3) is 0 Å². The van der Waals surface area contributed by atoms with Gasteiger partial charge in [0.1, 0.15) is 12.1 Å². The zero-order valence-electron chi connectivity index (χ0n) is 5.37. The third-order valence-corrected chi connectivity index (χ3v) is 0.865. The molecule has 0 bridgehead atoms. The fourth-order valence-corrected chi connectivity index (χ4v) is 0.321. The average molecular weight is 145 g/mol. The van der Waals surface area contributed by atoms with Crippen LogP contribution in [0.3, 0.4) is 0 Å². The maximum absolute atomic E-state index is 10.5. The van der Waals surface area contributed by atoms with Crippen LogP contribution in [0.2, 0.25) is 0 Å². The van der Waals surface area contributed by atoms with Crippen molar-refractivity contribution in [2.45, 2.75) is 13.3 Å². The topological polar surface area (TPSA) is 87.0 Å². The molecule has 0 aliphatic carbocycles. The Balaban J connectivity index is 3.99. The summed E-state index contributed by atoms with van der Waals surface area (Å²) >= 11 is 0. The molecule has 0 aliphatic rings. The molecule has 0 amide bonds. The van der Waals surface area contributed by atoms with Crippen molar-refractivity contribution >= 4 is 17.5 Å². The molecule has 0 radical (unpaired) electrons. The summed E-state index contributed by atoms with van der Waals surface area (Å²) in [6.45, 7) is 1.24. The Hall–Kier alpha value is -1.39. The Kier molecular flexibility index (Phi) is 3.10. The number of carboxylic acids is 1. The van der Waals surface area contributed by atoms with Crippen LogP contribution in [0, 0.1) is 0 Å². The molecule has 5 nitrogen and oxygen atoms in total. The first kappa shape index (κ1) is 8.61. The van der Waals surface area contributed by atoms with Gasteiger partial charge < -0.3 is 10.3 Å². The number of carboxylic acid groups (broad SMARTS) is 1. The quantitative estimate of drug-likeness (QED) is 0.251. The highest BCUT2D eigenvalue weighted by Crippen LogP contribution is 1.86. The summed E-state index contributed by atoms with van der Waals surface area (Å²) in [5.41, 5.74) is -0.192. The molecule has 0 spiro atoms. The molecule has 0 fully saturated rings. The lowest BCUT2D eigenvalue weighted by molar-refractivity contribution is -0.139. The molecule has 2 N–H and O–H groups in total. The van der Waals surface area contributed by atoms with E-state index in [1.54, 1.807) is 0 Å². The normalized spacial score (nSPS) is 11.1. The van der Waals surface area contributed by atoms with Crippen LogP contribution in [-0.4, -0.2) is 27.8 Å². The van der Waals surface area contributed by atoms with E-state index in [1.807, 2.05) is 0 Å². The summed E-state index contributed by atoms with van der Waals surface area (Å²) in [7, 11) is 0. The summed E-state index contributed by atoms with van der Waals surface area (Å²) in [6, 6.07) is 0. The second-order valence-corrected chi connectivity index (χ2v) is 1.68. The standard InChI is InChI=1S/C5H7NO4/c1-3(6-10)4(7)2-5(8)9/h10H,2H2,1H3,(H,8,9). The number of ketones is 1. The van der Waals surface area contributed by atoms with Gasteiger partial charge >= 0.3 is 5.97 Å². The zero-order valence-corrected chi connectivity index (χ0v) is 5.37. The number of nitrogens with zero attached hydrogens (tertiary/aromatic N) is 1. The van der Waals surface area contributed by atoms with Gasteiger partial charge in [-0.25, -0.2) is 0 Å². The van der Waals surface area contributed by atoms with Crippen LogP contribution in [0.15, 0.2) is 5.16 Å². The van der Waals surface area contributed by atoms with E-state index in [-0.39, 0.29) is 5.71 Å². The molecule has 0 aromatic heterocycles. The molecule has 0 rings (SSSR count). The lowest BCUT2D eigenvalue weighted by atomic mass is 10.2. The molecule has 0 saturated carbocycles. The van der Waals surface area contributed by atoms with E-state index in [4.69, 9.17) is 10.3 Å². The third-order valence-electron chi connectivity index (χ3n) is 0.865. The minimum atomic E-state index is -1.23. The van der Waals surface area contributed by atoms with Crippen LogP contribution >= 0.6 is 0 Å². The van der Waals surface area contributed by atoms with Crippen LogP contribution < -0.4 is 0 Å². The highest BCUT2D eigenvalue weighted by atomic mass is 16.4. The Morgan fingerprint density at radius 2 is 2.00 bits per heavy atom. The third kappa shape index (κ3) is 2.81. The number of oxime groups is 1. The minimum Gasteiger partial charge on any atom is -0.481 e. The SMILES string of the molecule is CC(=NO)C(=O)CC(=O)O. The van der Waals surface area contributed by atoms with Crippen molar-refractivity contribution in [1.82, 2.24) is 0 Å². The van der Waals surface area contributed by atoms with Crippen LogP contribution in [0.1, 0.15) is 13.3 Å². The first-order valence-corrected chi connectivity index (χ1v) is 2.51. The average Bonchev–Trinajstić information content (AvgIpc) is 1.85. The fourth-order valence-electron chi connectivity index (χ4n) is 0.321. The lowest BCUT2D eigenvalue weighted by Crippen LogP contribution is -2.14. The molecular weight excluding hydrogens is 138 g/mol. The molecule has 0 heterocycles. The van der Waals surface area contributed by atoms with Crippen molar-refractivity contribution < 1.29 is 19.9 Å². The van der Waals surface area contributed by atoms with Gasteiger partial charge in [-0.05, 0) is 6.92 Å². The molecular formula is C5H7NO4. The molecule has 5 heteroatoms. The van der Waals surface area contributed by atoms with Gasteiger partial charge in [0.05, 0.1) is 0 Å². The van der Waals surface area contributed by atoms with Crippen LogP contribution in [-0.2, 0) is 9.59 Å². The van der Waals surface area contributed by atoms with Crippen molar-refractivity contribution in [3.05, 3.63) is 0 Å². The Labute approximate surface area is 57.0 Å². The highest BCUT2D eigenvalue weighted by Gasteiger charge is 2.10. The Morgan fingerprint density at radius 1 is 1.50 bits per heavy atom. The van der Waals surface area contributed by atoms with Gasteiger partial charge in [-0.1, -0.05) is 5.16 Å². The number of hydrogen-bond acceptors (Lipinski definition) is 4. The molecule has 0 unspecified atom stereocenters. The maximum Gasteiger partial charge on any atom is 0.311 e. The second kappa shape index (κ2) is 3.60. The van der Waals surface area contributed by atoms with Crippen molar-refractivity contribution in [1.29, 1.82) is 0 Å². The van der Waals surface area contributed by atoms with Crippen LogP contribution in [0.25, 0.3) is 0 Å². The van der Waals surface area contributed by atoms with Gasteiger partial charge in [0, 0.05) is 0 Å². The smallest absolute Gasteiger partial charge is 0.311 e. The molecule has 0 saturated heterocycles. The fraction of sp³-hybridized carbons (Fsp3) is 0.400. The number of Topliss-reactive ketones (excluding diaryl/α,β-unsaturated/α-hetero) is 1. The summed E-state index contributed by atoms with van der Waals surface area (Å²) < 4.78 is 0. The highest BCUT2D eigenvalue weighted by molar-refractivity contribution is 6.41. The summed E-state index contributed by atoms with van der Waals surface area (Å²) in [5, 5.41) is 18.6. The minimum absolute atomic E-state index is 0.192. The summed E-state index contributed by atoms with van der Waals surface area (Å²) in [6.07, 6.45) is -0.629. The number of carbonyl (C=O) groups is 2. The number of rotatable bonds is 3. The molecule has 0 aromatic carbocycles. The van der Waals surface area contributed by atoms with E-state index in [9.17, 15) is 9.59 Å². The zero-order chi connectivity index (χ0) is 8.15. The molecule has 0 aliphatic heterocycles. The van der Waals surface area contributed by atoms with E-state index in [0.717, 1.165) is 0 Å². The molecule has 56 valence electrons. The van der Waals surface area contributed by atoms with E-state index >= 15 is 0 Å². The van der Waals surface area contributed by atoms with E-state index in [2.05, 4.69) is 5.16 Å². The van der Waals surface area contributed by atoms with Gasteiger partial charge in [-0.2, -0.15) is 0 Å². The largest absolute Gasteiger partial charge is 0.481 e. The van der Waals surface area contributed by atoms with E-state index < -0.39 is 18.2 Å². The number of carbonyl (C=O) groups excluding carboxylic acids is 1.